The number of aromatic hydroxyl groups is 1. The van der Waals surface area contributed by atoms with Crippen molar-refractivity contribution in [1.29, 1.82) is 0 Å². The third kappa shape index (κ3) is 3.19. The minimum Gasteiger partial charge on any atom is -0.506 e. The Labute approximate surface area is 108 Å². The zero-order valence-corrected chi connectivity index (χ0v) is 11.2. The third-order valence-electron chi connectivity index (χ3n) is 3.42. The van der Waals surface area contributed by atoms with Crippen LogP contribution in [0.15, 0.2) is 6.20 Å². The van der Waals surface area contributed by atoms with Crippen molar-refractivity contribution in [2.45, 2.75) is 45.9 Å². The summed E-state index contributed by atoms with van der Waals surface area (Å²) in [6, 6.07) is 0. The lowest BCUT2D eigenvalue weighted by molar-refractivity contribution is 0.168. The smallest absolute Gasteiger partial charge is 0.141 e. The van der Waals surface area contributed by atoms with E-state index in [9.17, 15) is 15.3 Å². The Morgan fingerprint density at radius 3 is 2.56 bits per heavy atom. The molecule has 5 nitrogen and oxygen atoms in total. The van der Waals surface area contributed by atoms with E-state index in [0.29, 0.717) is 23.4 Å². The molecule has 0 bridgehead atoms. The molecule has 0 aliphatic carbocycles. The van der Waals surface area contributed by atoms with E-state index in [-0.39, 0.29) is 19.0 Å². The quantitative estimate of drug-likeness (QED) is 0.604. The highest BCUT2D eigenvalue weighted by Gasteiger charge is 2.21. The van der Waals surface area contributed by atoms with Crippen LogP contribution in [0.25, 0.3) is 0 Å². The molecule has 0 fully saturated rings. The van der Waals surface area contributed by atoms with Crippen molar-refractivity contribution in [3.8, 4) is 5.75 Å². The van der Waals surface area contributed by atoms with Crippen LogP contribution in [-0.2, 0) is 13.2 Å². The summed E-state index contributed by atoms with van der Waals surface area (Å²) in [6.07, 6.45) is 2.33. The van der Waals surface area contributed by atoms with Crippen molar-refractivity contribution in [2.24, 2.45) is 0 Å². The van der Waals surface area contributed by atoms with Gasteiger partial charge in [-0.05, 0) is 20.3 Å². The maximum atomic E-state index is 9.98. The van der Waals surface area contributed by atoms with Gasteiger partial charge in [-0.3, -0.25) is 4.98 Å². The average Bonchev–Trinajstić information content (AvgIpc) is 2.40. The first-order valence-electron chi connectivity index (χ1n) is 6.10. The molecule has 0 aliphatic heterocycles. The fourth-order valence-electron chi connectivity index (χ4n) is 1.61. The highest BCUT2D eigenvalue weighted by molar-refractivity contribution is 5.40. The summed E-state index contributed by atoms with van der Waals surface area (Å²) in [6.45, 7) is 5.84. The van der Waals surface area contributed by atoms with Gasteiger partial charge < -0.3 is 20.6 Å². The van der Waals surface area contributed by atoms with Crippen molar-refractivity contribution in [3.05, 3.63) is 23.0 Å². The van der Waals surface area contributed by atoms with Gasteiger partial charge in [-0.2, -0.15) is 0 Å². The van der Waals surface area contributed by atoms with Gasteiger partial charge in [0.15, 0.2) is 0 Å². The Hall–Kier alpha value is -1.17. The molecule has 0 aliphatic rings. The molecule has 1 rings (SSSR count). The fourth-order valence-corrected chi connectivity index (χ4v) is 1.61. The molecule has 102 valence electrons. The van der Waals surface area contributed by atoms with Crippen LogP contribution in [0.3, 0.4) is 0 Å². The molecule has 1 aromatic rings. The number of aliphatic hydroxyl groups is 2. The van der Waals surface area contributed by atoms with Crippen LogP contribution in [0.5, 0.6) is 5.75 Å². The molecule has 0 amide bonds. The molecule has 1 unspecified atom stereocenters. The minimum atomic E-state index is -0.393. The Bertz CT molecular complexity index is 403. The molecular formula is C13H22N2O3. The monoisotopic (exact) mass is 254 g/mol. The van der Waals surface area contributed by atoms with Gasteiger partial charge in [0.1, 0.15) is 5.75 Å². The second-order valence-corrected chi connectivity index (χ2v) is 4.78. The number of rotatable bonds is 6. The van der Waals surface area contributed by atoms with Crippen LogP contribution in [0.2, 0.25) is 0 Å². The molecule has 1 aromatic heterocycles. The van der Waals surface area contributed by atoms with E-state index in [2.05, 4.69) is 10.3 Å². The van der Waals surface area contributed by atoms with Crippen LogP contribution in [0.1, 0.15) is 37.1 Å². The third-order valence-corrected chi connectivity index (χ3v) is 3.42. The van der Waals surface area contributed by atoms with Gasteiger partial charge in [-0.15, -0.1) is 0 Å². The predicted molar refractivity (Wildman–Crippen MR) is 69.2 cm³/mol. The molecule has 0 spiro atoms. The first-order chi connectivity index (χ1) is 8.47. The molecule has 5 heteroatoms. The number of hydrogen-bond donors (Lipinski definition) is 4. The largest absolute Gasteiger partial charge is 0.506 e. The Kier molecular flexibility index (Phi) is 5.07. The van der Waals surface area contributed by atoms with E-state index < -0.39 is 5.54 Å². The highest BCUT2D eigenvalue weighted by atomic mass is 16.3. The first kappa shape index (κ1) is 14.9. The van der Waals surface area contributed by atoms with Crippen molar-refractivity contribution >= 4 is 0 Å². The summed E-state index contributed by atoms with van der Waals surface area (Å²) >= 11 is 0. The van der Waals surface area contributed by atoms with E-state index in [4.69, 9.17) is 0 Å². The lowest BCUT2D eigenvalue weighted by Gasteiger charge is -2.28. The maximum Gasteiger partial charge on any atom is 0.141 e. The molecule has 0 saturated heterocycles. The SMILES string of the molecule is CCC(C)(CO)NCc1c(CO)cnc(C)c1O. The lowest BCUT2D eigenvalue weighted by Crippen LogP contribution is -2.44. The topological polar surface area (TPSA) is 85.6 Å². The summed E-state index contributed by atoms with van der Waals surface area (Å²) in [4.78, 5) is 4.01. The summed E-state index contributed by atoms with van der Waals surface area (Å²) in [7, 11) is 0. The number of aryl methyl sites for hydroxylation is 1. The predicted octanol–water partition coefficient (Wildman–Crippen LogP) is 0.839. The average molecular weight is 254 g/mol. The Morgan fingerprint density at radius 1 is 1.39 bits per heavy atom. The van der Waals surface area contributed by atoms with Gasteiger partial charge in [0.25, 0.3) is 0 Å². The normalized spacial score (nSPS) is 14.5. The van der Waals surface area contributed by atoms with E-state index >= 15 is 0 Å². The second kappa shape index (κ2) is 6.13. The van der Waals surface area contributed by atoms with Crippen LogP contribution >= 0.6 is 0 Å². The van der Waals surface area contributed by atoms with Crippen molar-refractivity contribution in [1.82, 2.24) is 10.3 Å². The van der Waals surface area contributed by atoms with Crippen molar-refractivity contribution in [3.63, 3.8) is 0 Å². The van der Waals surface area contributed by atoms with Crippen LogP contribution in [0.4, 0.5) is 0 Å². The van der Waals surface area contributed by atoms with Gasteiger partial charge in [0, 0.05) is 29.4 Å². The zero-order valence-electron chi connectivity index (χ0n) is 11.2. The fraction of sp³-hybridized carbons (Fsp3) is 0.615. The molecule has 0 saturated carbocycles. The summed E-state index contributed by atoms with van der Waals surface area (Å²) in [5.41, 5.74) is 1.38. The van der Waals surface area contributed by atoms with E-state index in [0.717, 1.165) is 6.42 Å². The van der Waals surface area contributed by atoms with Gasteiger partial charge in [-0.25, -0.2) is 0 Å². The molecule has 1 heterocycles. The molecular weight excluding hydrogens is 232 g/mol. The van der Waals surface area contributed by atoms with E-state index in [1.807, 2.05) is 13.8 Å². The molecule has 1 atom stereocenters. The number of aliphatic hydroxyl groups excluding tert-OH is 2. The molecule has 0 radical (unpaired) electrons. The Balaban J connectivity index is 2.93. The number of nitrogens with zero attached hydrogens (tertiary/aromatic N) is 1. The van der Waals surface area contributed by atoms with E-state index in [1.165, 1.54) is 0 Å². The molecule has 4 N–H and O–H groups in total. The highest BCUT2D eigenvalue weighted by Crippen LogP contribution is 2.24. The van der Waals surface area contributed by atoms with Gasteiger partial charge in [0.2, 0.25) is 0 Å². The molecule has 18 heavy (non-hydrogen) atoms. The van der Waals surface area contributed by atoms with Crippen molar-refractivity contribution < 1.29 is 15.3 Å². The zero-order chi connectivity index (χ0) is 13.8. The van der Waals surface area contributed by atoms with E-state index in [1.54, 1.807) is 13.1 Å². The Morgan fingerprint density at radius 2 is 2.06 bits per heavy atom. The first-order valence-corrected chi connectivity index (χ1v) is 6.10. The number of hydrogen-bond acceptors (Lipinski definition) is 5. The summed E-state index contributed by atoms with van der Waals surface area (Å²) in [5, 5.41) is 31.8. The van der Waals surface area contributed by atoms with Crippen LogP contribution in [-0.4, -0.2) is 32.4 Å². The van der Waals surface area contributed by atoms with Crippen LogP contribution in [0, 0.1) is 6.92 Å². The number of aromatic nitrogens is 1. The maximum absolute atomic E-state index is 9.98. The van der Waals surface area contributed by atoms with Crippen molar-refractivity contribution in [2.75, 3.05) is 6.61 Å². The van der Waals surface area contributed by atoms with Gasteiger partial charge in [-0.1, -0.05) is 6.92 Å². The van der Waals surface area contributed by atoms with Gasteiger partial charge >= 0.3 is 0 Å². The second-order valence-electron chi connectivity index (χ2n) is 4.78. The minimum absolute atomic E-state index is 0.0167. The number of nitrogens with one attached hydrogen (secondary N) is 1. The van der Waals surface area contributed by atoms with Gasteiger partial charge in [0.05, 0.1) is 18.9 Å². The number of pyridine rings is 1. The lowest BCUT2D eigenvalue weighted by atomic mass is 9.99. The standard InChI is InChI=1S/C13H22N2O3/c1-4-13(3,8-17)15-6-11-10(7-16)5-14-9(2)12(11)18/h5,15-18H,4,6-8H2,1-3H3. The summed E-state index contributed by atoms with van der Waals surface area (Å²) in [5.74, 6) is 0.102. The summed E-state index contributed by atoms with van der Waals surface area (Å²) < 4.78 is 0. The molecule has 0 aromatic carbocycles. The van der Waals surface area contributed by atoms with Crippen LogP contribution < -0.4 is 5.32 Å².